The third-order valence-electron chi connectivity index (χ3n) is 3.07. The number of hydrogen-bond acceptors (Lipinski definition) is 5. The first-order valence-corrected chi connectivity index (χ1v) is 7.59. The number of nitrogens with one attached hydrogen (secondary N) is 1. The lowest BCUT2D eigenvalue weighted by molar-refractivity contribution is 0.0720. The van der Waals surface area contributed by atoms with E-state index in [-0.39, 0.29) is 12.0 Å². The van der Waals surface area contributed by atoms with Crippen molar-refractivity contribution in [1.29, 1.82) is 0 Å². The molecule has 2 heterocycles. The second-order valence-electron chi connectivity index (χ2n) is 4.59. The fourth-order valence-electron chi connectivity index (χ4n) is 2.00. The van der Waals surface area contributed by atoms with Crippen LogP contribution in [0.15, 0.2) is 0 Å². The standard InChI is InChI=1S/C13H19N3O3S/c1-3-10-15-9(2)11(20-10)12(17)14-5-7-16-6-4-8-19-13(16)18/h3-8H2,1-2H3,(H,14,17). The molecule has 1 aromatic heterocycles. The zero-order valence-corrected chi connectivity index (χ0v) is 12.6. The van der Waals surface area contributed by atoms with Crippen LogP contribution in [0.2, 0.25) is 0 Å². The van der Waals surface area contributed by atoms with Gasteiger partial charge in [0, 0.05) is 19.6 Å². The molecule has 1 aromatic rings. The maximum Gasteiger partial charge on any atom is 0.409 e. The van der Waals surface area contributed by atoms with Gasteiger partial charge in [-0.3, -0.25) is 4.79 Å². The fourth-order valence-corrected chi connectivity index (χ4v) is 2.92. The van der Waals surface area contributed by atoms with Crippen LogP contribution in [0.5, 0.6) is 0 Å². The Morgan fingerprint density at radius 3 is 3.00 bits per heavy atom. The molecule has 0 aliphatic carbocycles. The number of amides is 2. The predicted octanol–water partition coefficient (Wildman–Crippen LogP) is 1.59. The normalized spacial score (nSPS) is 15.1. The third-order valence-corrected chi connectivity index (χ3v) is 4.37. The van der Waals surface area contributed by atoms with Crippen LogP contribution in [0.25, 0.3) is 0 Å². The van der Waals surface area contributed by atoms with Gasteiger partial charge in [-0.05, 0) is 19.8 Å². The molecule has 0 saturated carbocycles. The minimum atomic E-state index is -0.298. The number of thiazole rings is 1. The van der Waals surface area contributed by atoms with E-state index in [1.165, 1.54) is 11.3 Å². The maximum atomic E-state index is 12.0. The van der Waals surface area contributed by atoms with E-state index in [9.17, 15) is 9.59 Å². The monoisotopic (exact) mass is 297 g/mol. The first-order valence-electron chi connectivity index (χ1n) is 6.78. The van der Waals surface area contributed by atoms with E-state index < -0.39 is 0 Å². The Bertz CT molecular complexity index is 501. The van der Waals surface area contributed by atoms with Crippen LogP contribution in [-0.2, 0) is 11.2 Å². The molecule has 1 fully saturated rings. The number of rotatable bonds is 5. The molecule has 1 aliphatic heterocycles. The molecule has 2 amide bonds. The Kier molecular flexibility index (Phi) is 4.94. The number of ether oxygens (including phenoxy) is 1. The van der Waals surface area contributed by atoms with E-state index in [0.717, 1.165) is 23.5 Å². The first kappa shape index (κ1) is 14.8. The SMILES string of the molecule is CCc1nc(C)c(C(=O)NCCN2CCCOC2=O)s1. The largest absolute Gasteiger partial charge is 0.449 e. The third kappa shape index (κ3) is 3.47. The Balaban J connectivity index is 1.82. The van der Waals surface area contributed by atoms with E-state index in [1.807, 2.05) is 13.8 Å². The summed E-state index contributed by atoms with van der Waals surface area (Å²) in [7, 11) is 0. The number of carbonyl (C=O) groups excluding carboxylic acids is 2. The lowest BCUT2D eigenvalue weighted by Crippen LogP contribution is -2.42. The molecule has 6 nitrogen and oxygen atoms in total. The Morgan fingerprint density at radius 2 is 2.35 bits per heavy atom. The molecule has 0 radical (unpaired) electrons. The molecule has 0 spiro atoms. The van der Waals surface area contributed by atoms with Crippen LogP contribution < -0.4 is 5.32 Å². The Morgan fingerprint density at radius 1 is 1.55 bits per heavy atom. The molecule has 110 valence electrons. The number of carbonyl (C=O) groups is 2. The number of nitrogens with zero attached hydrogens (tertiary/aromatic N) is 2. The van der Waals surface area contributed by atoms with Gasteiger partial charge < -0.3 is 15.0 Å². The summed E-state index contributed by atoms with van der Waals surface area (Å²) in [5.74, 6) is -0.120. The van der Waals surface area contributed by atoms with E-state index >= 15 is 0 Å². The summed E-state index contributed by atoms with van der Waals surface area (Å²) >= 11 is 1.43. The Labute approximate surface area is 122 Å². The summed E-state index contributed by atoms with van der Waals surface area (Å²) in [5.41, 5.74) is 0.765. The second kappa shape index (κ2) is 6.69. The van der Waals surface area contributed by atoms with E-state index in [1.54, 1.807) is 4.90 Å². The summed E-state index contributed by atoms with van der Waals surface area (Å²) in [6, 6.07) is 0. The van der Waals surface area contributed by atoms with Crippen molar-refractivity contribution in [3.63, 3.8) is 0 Å². The van der Waals surface area contributed by atoms with Gasteiger partial charge in [0.25, 0.3) is 5.91 Å². The lowest BCUT2D eigenvalue weighted by atomic mass is 10.3. The van der Waals surface area contributed by atoms with E-state index in [0.29, 0.717) is 31.1 Å². The van der Waals surface area contributed by atoms with Crippen LogP contribution in [-0.4, -0.2) is 48.1 Å². The maximum absolute atomic E-state index is 12.0. The van der Waals surface area contributed by atoms with Crippen LogP contribution >= 0.6 is 11.3 Å². The van der Waals surface area contributed by atoms with Crippen molar-refractivity contribution in [2.75, 3.05) is 26.2 Å². The minimum Gasteiger partial charge on any atom is -0.449 e. The van der Waals surface area contributed by atoms with Gasteiger partial charge in [0.1, 0.15) is 4.88 Å². The van der Waals surface area contributed by atoms with Gasteiger partial charge in [-0.15, -0.1) is 11.3 Å². The average Bonchev–Trinajstić information content (AvgIpc) is 2.82. The Hall–Kier alpha value is -1.63. The highest BCUT2D eigenvalue weighted by atomic mass is 32.1. The van der Waals surface area contributed by atoms with Gasteiger partial charge in [0.05, 0.1) is 17.3 Å². The molecule has 20 heavy (non-hydrogen) atoms. The lowest BCUT2D eigenvalue weighted by Gasteiger charge is -2.26. The average molecular weight is 297 g/mol. The summed E-state index contributed by atoms with van der Waals surface area (Å²) in [5, 5.41) is 3.79. The molecular formula is C13H19N3O3S. The van der Waals surface area contributed by atoms with Crippen LogP contribution in [0, 0.1) is 6.92 Å². The zero-order valence-electron chi connectivity index (χ0n) is 11.8. The number of aromatic nitrogens is 1. The molecule has 0 unspecified atom stereocenters. The van der Waals surface area contributed by atoms with Crippen molar-refractivity contribution >= 4 is 23.3 Å². The molecular weight excluding hydrogens is 278 g/mol. The van der Waals surface area contributed by atoms with Crippen molar-refractivity contribution in [3.05, 3.63) is 15.6 Å². The zero-order chi connectivity index (χ0) is 14.5. The highest BCUT2D eigenvalue weighted by molar-refractivity contribution is 7.13. The molecule has 0 atom stereocenters. The smallest absolute Gasteiger partial charge is 0.409 e. The van der Waals surface area contributed by atoms with Gasteiger partial charge in [0.15, 0.2) is 0 Å². The molecule has 1 N–H and O–H groups in total. The van der Waals surface area contributed by atoms with Gasteiger partial charge in [-0.25, -0.2) is 9.78 Å². The van der Waals surface area contributed by atoms with Crippen molar-refractivity contribution in [3.8, 4) is 0 Å². The second-order valence-corrected chi connectivity index (χ2v) is 5.67. The van der Waals surface area contributed by atoms with E-state index in [4.69, 9.17) is 4.74 Å². The van der Waals surface area contributed by atoms with Gasteiger partial charge in [0.2, 0.25) is 0 Å². The minimum absolute atomic E-state index is 0.120. The number of cyclic esters (lactones) is 1. The van der Waals surface area contributed by atoms with Crippen LogP contribution in [0.4, 0.5) is 4.79 Å². The first-order chi connectivity index (χ1) is 9.61. The predicted molar refractivity (Wildman–Crippen MR) is 76.1 cm³/mol. The summed E-state index contributed by atoms with van der Waals surface area (Å²) in [6.07, 6.45) is 1.37. The topological polar surface area (TPSA) is 71.5 Å². The number of hydrogen-bond donors (Lipinski definition) is 1. The van der Waals surface area contributed by atoms with Crippen molar-refractivity contribution in [2.24, 2.45) is 0 Å². The van der Waals surface area contributed by atoms with Crippen molar-refractivity contribution in [2.45, 2.75) is 26.7 Å². The van der Waals surface area contributed by atoms with Crippen LogP contribution in [0.1, 0.15) is 33.7 Å². The molecule has 7 heteroatoms. The van der Waals surface area contributed by atoms with Gasteiger partial charge in [-0.2, -0.15) is 0 Å². The highest BCUT2D eigenvalue weighted by Gasteiger charge is 2.20. The summed E-state index contributed by atoms with van der Waals surface area (Å²) in [4.78, 5) is 30.1. The molecule has 1 saturated heterocycles. The van der Waals surface area contributed by atoms with Crippen molar-refractivity contribution in [1.82, 2.24) is 15.2 Å². The molecule has 0 aromatic carbocycles. The summed E-state index contributed by atoms with van der Waals surface area (Å²) < 4.78 is 4.94. The van der Waals surface area contributed by atoms with Crippen molar-refractivity contribution < 1.29 is 14.3 Å². The highest BCUT2D eigenvalue weighted by Crippen LogP contribution is 2.18. The number of aryl methyl sites for hydroxylation is 2. The molecule has 2 rings (SSSR count). The molecule has 1 aliphatic rings. The summed E-state index contributed by atoms with van der Waals surface area (Å²) in [6.45, 7) is 5.93. The molecule has 0 bridgehead atoms. The quantitative estimate of drug-likeness (QED) is 0.896. The van der Waals surface area contributed by atoms with Crippen LogP contribution in [0.3, 0.4) is 0 Å². The van der Waals surface area contributed by atoms with Gasteiger partial charge >= 0.3 is 6.09 Å². The fraction of sp³-hybridized carbons (Fsp3) is 0.615. The van der Waals surface area contributed by atoms with E-state index in [2.05, 4.69) is 10.3 Å². The van der Waals surface area contributed by atoms with Gasteiger partial charge in [-0.1, -0.05) is 6.92 Å².